The number of hydrogen-bond donors (Lipinski definition) is 3. The van der Waals surface area contributed by atoms with Gasteiger partial charge in [-0.05, 0) is 86.8 Å². The molecule has 406 valence electrons. The van der Waals surface area contributed by atoms with Gasteiger partial charge >= 0.3 is 18.5 Å². The molecule has 5 aliphatic rings. The predicted octanol–water partition coefficient (Wildman–Crippen LogP) is 10.2. The maximum atomic E-state index is 13.3. The van der Waals surface area contributed by atoms with E-state index >= 15 is 0 Å². The summed E-state index contributed by atoms with van der Waals surface area (Å²) in [7, 11) is 3.05. The molecule has 3 N–H and O–H groups in total. The van der Waals surface area contributed by atoms with Gasteiger partial charge in [0.05, 0.1) is 46.3 Å². The zero-order valence-corrected chi connectivity index (χ0v) is 41.1. The lowest BCUT2D eigenvalue weighted by molar-refractivity contribution is -0.145. The van der Waals surface area contributed by atoms with Crippen LogP contribution in [0.25, 0.3) is 33.5 Å². The Morgan fingerprint density at radius 3 is 1.40 bits per heavy atom. The number of aromatic nitrogens is 12. The van der Waals surface area contributed by atoms with E-state index in [1.54, 1.807) is 44.3 Å². The highest BCUT2D eigenvalue weighted by molar-refractivity contribution is 5.85. The summed E-state index contributed by atoms with van der Waals surface area (Å²) in [4.78, 5) is 35.0. The van der Waals surface area contributed by atoms with Crippen LogP contribution in [0, 0.1) is 0 Å². The molecule has 4 aliphatic carbocycles. The summed E-state index contributed by atoms with van der Waals surface area (Å²) in [5.41, 5.74) is 3.28. The summed E-state index contributed by atoms with van der Waals surface area (Å²) in [5.74, 6) is -0.650. The number of hydrogen-bond acceptors (Lipinski definition) is 16. The Balaban J connectivity index is 0.000000124. The Bertz CT molecular complexity index is 3450. The van der Waals surface area contributed by atoms with Gasteiger partial charge in [0.15, 0.2) is 57.4 Å². The van der Waals surface area contributed by atoms with Gasteiger partial charge in [-0.15, -0.1) is 0 Å². The van der Waals surface area contributed by atoms with E-state index in [1.165, 1.54) is 26.9 Å². The summed E-state index contributed by atoms with van der Waals surface area (Å²) >= 11 is 0. The fraction of sp³-hybridized carbons (Fsp3) is 0.449. The van der Waals surface area contributed by atoms with Crippen molar-refractivity contribution >= 4 is 50.9 Å². The van der Waals surface area contributed by atoms with Gasteiger partial charge in [-0.25, -0.2) is 44.9 Å². The molecule has 13 rings (SSSR count). The van der Waals surface area contributed by atoms with Crippen molar-refractivity contribution in [3.05, 3.63) is 84.0 Å². The normalized spacial score (nSPS) is 16.6. The van der Waals surface area contributed by atoms with Crippen molar-refractivity contribution in [1.82, 2.24) is 58.6 Å². The maximum Gasteiger partial charge on any atom is 0.451 e. The van der Waals surface area contributed by atoms with Crippen LogP contribution in [0.5, 0.6) is 23.0 Å². The topological polar surface area (TPSA) is 204 Å². The van der Waals surface area contributed by atoms with Crippen molar-refractivity contribution < 1.29 is 58.5 Å². The molecule has 0 unspecified atom stereocenters. The molecular weight excluding hydrogens is 1030 g/mol. The first-order chi connectivity index (χ1) is 36.9. The summed E-state index contributed by atoms with van der Waals surface area (Å²) < 4.78 is 145. The zero-order chi connectivity index (χ0) is 53.8. The Morgan fingerprint density at radius 2 is 0.935 bits per heavy atom. The first-order valence-corrected chi connectivity index (χ1v) is 24.7. The Kier molecular flexibility index (Phi) is 13.4. The molecular formula is C49H48F9N15O4. The number of ether oxygens (including phenoxy) is 4. The van der Waals surface area contributed by atoms with Gasteiger partial charge in [0.2, 0.25) is 24.3 Å². The second-order valence-electron chi connectivity index (χ2n) is 19.2. The van der Waals surface area contributed by atoms with Crippen molar-refractivity contribution in [1.29, 1.82) is 0 Å². The third kappa shape index (κ3) is 11.4. The third-order valence-electron chi connectivity index (χ3n) is 13.2. The summed E-state index contributed by atoms with van der Waals surface area (Å²) in [5, 5.41) is 9.09. The van der Waals surface area contributed by atoms with Gasteiger partial charge in [0.25, 0.3) is 0 Å². The van der Waals surface area contributed by atoms with Gasteiger partial charge in [-0.3, -0.25) is 0 Å². The molecule has 0 spiro atoms. The average Bonchev–Trinajstić information content (AvgIpc) is 4.34. The van der Waals surface area contributed by atoms with E-state index in [0.717, 1.165) is 75.3 Å². The van der Waals surface area contributed by atoms with E-state index in [9.17, 15) is 39.5 Å². The number of rotatable bonds is 13. The van der Waals surface area contributed by atoms with Crippen LogP contribution < -0.4 is 34.9 Å². The second-order valence-corrected chi connectivity index (χ2v) is 19.2. The Labute approximate surface area is 431 Å². The van der Waals surface area contributed by atoms with Gasteiger partial charge < -0.3 is 48.6 Å². The number of fused-ring (bicyclic) bond motifs is 4. The van der Waals surface area contributed by atoms with Crippen molar-refractivity contribution in [3.8, 4) is 23.0 Å². The average molecular weight is 1080 g/mol. The Morgan fingerprint density at radius 1 is 0.506 bits per heavy atom. The highest BCUT2D eigenvalue weighted by Gasteiger charge is 2.40. The predicted molar refractivity (Wildman–Crippen MR) is 259 cm³/mol. The molecule has 2 aromatic carbocycles. The number of benzene rings is 2. The summed E-state index contributed by atoms with van der Waals surface area (Å²) in [6, 6.07) is 11.4. The quantitative estimate of drug-likeness (QED) is 0.0919. The van der Waals surface area contributed by atoms with Crippen molar-refractivity contribution in [2.75, 3.05) is 37.0 Å². The maximum absolute atomic E-state index is 13.3. The third-order valence-corrected chi connectivity index (χ3v) is 13.2. The number of anilines is 3. The highest BCUT2D eigenvalue weighted by Crippen LogP contribution is 2.39. The van der Waals surface area contributed by atoms with E-state index in [1.807, 2.05) is 12.1 Å². The molecule has 28 heteroatoms. The molecule has 8 aromatic rings. The van der Waals surface area contributed by atoms with Crippen LogP contribution in [0.4, 0.5) is 57.0 Å². The molecule has 0 bridgehead atoms. The van der Waals surface area contributed by atoms with Crippen LogP contribution in [-0.4, -0.2) is 97.7 Å². The molecule has 0 saturated heterocycles. The van der Waals surface area contributed by atoms with Gasteiger partial charge in [-0.2, -0.15) is 39.5 Å². The molecule has 4 fully saturated rings. The van der Waals surface area contributed by atoms with Crippen LogP contribution in [0.2, 0.25) is 0 Å². The Hall–Kier alpha value is -7.94. The van der Waals surface area contributed by atoms with Crippen LogP contribution >= 0.6 is 0 Å². The lowest BCUT2D eigenvalue weighted by atomic mass is 10.2. The molecule has 6 aromatic heterocycles. The van der Waals surface area contributed by atoms with E-state index in [4.69, 9.17) is 18.9 Å². The molecule has 77 heavy (non-hydrogen) atoms. The molecule has 0 radical (unpaired) electrons. The van der Waals surface area contributed by atoms with E-state index in [0.29, 0.717) is 46.1 Å². The lowest BCUT2D eigenvalue weighted by Gasteiger charge is -2.14. The fourth-order valence-corrected chi connectivity index (χ4v) is 8.84. The SMILES string of the molecule is COc1ccc(Cn2cnc3c(NC4CC4)nc(C(F)(F)F)nc32)cc1OC.FC(F)(F)c1nc(NC2CC2)c2ncn(C3CCCC3)c2n1.FC(F)(F)c1nc(NC2CC2)c2ncn(Cc3ccc4c(c3)OCO4)c2n1. The molecule has 1 aliphatic heterocycles. The number of imidazole rings is 3. The van der Waals surface area contributed by atoms with E-state index < -0.39 is 36.0 Å². The van der Waals surface area contributed by atoms with Gasteiger partial charge in [0.1, 0.15) is 16.6 Å². The first kappa shape index (κ1) is 51.2. The summed E-state index contributed by atoms with van der Waals surface area (Å²) in [6.45, 7) is 0.726. The van der Waals surface area contributed by atoms with Crippen molar-refractivity contribution in [2.24, 2.45) is 0 Å². The first-order valence-electron chi connectivity index (χ1n) is 24.7. The van der Waals surface area contributed by atoms with Crippen molar-refractivity contribution in [2.45, 2.75) is 120 Å². The fourth-order valence-electron chi connectivity index (χ4n) is 8.84. The standard InChI is InChI=1S/C18H18F3N5O2.C17H14F3N5O2.C14H16F3N5/c1-27-12-6-3-10(7-13(12)28-2)8-26-9-22-14-15(23-11-4-5-11)24-17(18(19,20)21)25-16(14)26;18-17(19,20)16-23-14(22-10-2-3-10)13-15(24-16)25(7-21-13)6-9-1-4-11-12(5-9)27-8-26-11;15-14(16,17)13-20-11(19-8-5-6-8)10-12(21-13)22(7-18-10)9-3-1-2-4-9/h3,6-7,9,11H,4-5,8H2,1-2H3,(H,23,24,25);1,4-5,7,10H,2-3,6,8H2,(H,22,23,24);7-9H,1-6H2,(H,19,20,21). The molecule has 4 saturated carbocycles. The zero-order valence-electron chi connectivity index (χ0n) is 41.1. The highest BCUT2D eigenvalue weighted by atomic mass is 19.4. The molecule has 0 atom stereocenters. The minimum absolute atomic E-state index is 0.117. The number of halogens is 9. The van der Waals surface area contributed by atoms with Crippen LogP contribution in [0.3, 0.4) is 0 Å². The number of methoxy groups -OCH3 is 2. The molecule has 19 nitrogen and oxygen atoms in total. The van der Waals surface area contributed by atoms with Crippen LogP contribution in [-0.2, 0) is 31.6 Å². The van der Waals surface area contributed by atoms with Crippen LogP contribution in [0.1, 0.15) is 98.9 Å². The van der Waals surface area contributed by atoms with Crippen LogP contribution in [0.15, 0.2) is 55.4 Å². The lowest BCUT2D eigenvalue weighted by Crippen LogP contribution is -2.15. The molecule has 7 heterocycles. The monoisotopic (exact) mass is 1080 g/mol. The number of alkyl halides is 9. The van der Waals surface area contributed by atoms with E-state index in [-0.39, 0.29) is 71.9 Å². The minimum Gasteiger partial charge on any atom is -0.493 e. The van der Waals surface area contributed by atoms with E-state index in [2.05, 4.69) is 60.8 Å². The minimum atomic E-state index is -4.65. The number of nitrogens with one attached hydrogen (secondary N) is 3. The smallest absolute Gasteiger partial charge is 0.451 e. The largest absolute Gasteiger partial charge is 0.493 e. The van der Waals surface area contributed by atoms with Gasteiger partial charge in [0, 0.05) is 24.2 Å². The van der Waals surface area contributed by atoms with Crippen molar-refractivity contribution in [3.63, 3.8) is 0 Å². The second kappa shape index (κ2) is 20.2. The number of nitrogens with zero attached hydrogens (tertiary/aromatic N) is 12. The van der Waals surface area contributed by atoms with Gasteiger partial charge in [-0.1, -0.05) is 25.0 Å². The summed E-state index contributed by atoms with van der Waals surface area (Å²) in [6.07, 6.45) is 0.339. The molecule has 0 amide bonds.